The van der Waals surface area contributed by atoms with Crippen LogP contribution in [0.25, 0.3) is 22.2 Å². The fraction of sp³-hybridized carbons (Fsp3) is 0.486. The highest BCUT2D eigenvalue weighted by molar-refractivity contribution is 5.92. The van der Waals surface area contributed by atoms with E-state index in [-0.39, 0.29) is 6.03 Å². The van der Waals surface area contributed by atoms with E-state index in [9.17, 15) is 4.79 Å². The van der Waals surface area contributed by atoms with Crippen LogP contribution in [0.4, 0.5) is 10.5 Å². The Morgan fingerprint density at radius 3 is 2.68 bits per heavy atom. The number of anilines is 1. The Balaban J connectivity index is 1.13. The monoisotopic (exact) mass is 638 g/mol. The summed E-state index contributed by atoms with van der Waals surface area (Å²) in [6, 6.07) is 15.9. The van der Waals surface area contributed by atoms with E-state index in [1.165, 1.54) is 22.3 Å². The number of rotatable bonds is 11. The highest BCUT2D eigenvalue weighted by atomic mass is 16.5. The van der Waals surface area contributed by atoms with Gasteiger partial charge in [0.15, 0.2) is 5.65 Å². The van der Waals surface area contributed by atoms with E-state index in [1.807, 2.05) is 10.9 Å². The molecule has 2 aromatic heterocycles. The second-order valence-corrected chi connectivity index (χ2v) is 13.0. The molecular weight excluding hydrogens is 588 g/mol. The van der Waals surface area contributed by atoms with Gasteiger partial charge in [0, 0.05) is 82.4 Å². The number of carbonyl (C=O) groups excluding carboxylic acids is 1. The van der Waals surface area contributed by atoms with Gasteiger partial charge in [-0.15, -0.1) is 0 Å². The number of hydrogen-bond acceptors (Lipinski definition) is 7. The van der Waals surface area contributed by atoms with Gasteiger partial charge in [-0.2, -0.15) is 5.10 Å². The zero-order valence-corrected chi connectivity index (χ0v) is 28.4. The topological polar surface area (TPSA) is 108 Å². The zero-order valence-electron chi connectivity index (χ0n) is 28.4. The van der Waals surface area contributed by atoms with E-state index in [1.54, 1.807) is 0 Å². The zero-order chi connectivity index (χ0) is 32.8. The van der Waals surface area contributed by atoms with E-state index in [0.717, 1.165) is 98.7 Å². The maximum Gasteiger partial charge on any atom is 0.315 e. The van der Waals surface area contributed by atoms with Crippen LogP contribution >= 0.6 is 0 Å². The van der Waals surface area contributed by atoms with Crippen molar-refractivity contribution in [2.45, 2.75) is 85.2 Å². The number of aromatic nitrogens is 3. The van der Waals surface area contributed by atoms with Crippen LogP contribution in [0.15, 0.2) is 48.7 Å². The van der Waals surface area contributed by atoms with Crippen molar-refractivity contribution in [3.63, 3.8) is 0 Å². The number of fused-ring (bicyclic) bond motifs is 1. The molecule has 0 bridgehead atoms. The first-order chi connectivity index (χ1) is 22.9. The molecule has 4 N–H and O–H groups in total. The first-order valence-electron chi connectivity index (χ1n) is 17.3. The number of pyridine rings is 1. The van der Waals surface area contributed by atoms with Crippen LogP contribution in [0.3, 0.4) is 0 Å². The molecule has 6 rings (SSSR count). The molecule has 2 aliphatic rings. The highest BCUT2D eigenvalue weighted by Gasteiger charge is 2.22. The molecular formula is C37H50N8O2. The Bertz CT molecular complexity index is 1680. The van der Waals surface area contributed by atoms with Gasteiger partial charge in [0.05, 0.1) is 17.3 Å². The van der Waals surface area contributed by atoms with Crippen LogP contribution in [0.5, 0.6) is 0 Å². The Morgan fingerprint density at radius 2 is 1.89 bits per heavy atom. The second kappa shape index (κ2) is 15.3. The van der Waals surface area contributed by atoms with Gasteiger partial charge in [-0.1, -0.05) is 37.3 Å². The Kier molecular flexibility index (Phi) is 10.7. The van der Waals surface area contributed by atoms with E-state index < -0.39 is 0 Å². The minimum atomic E-state index is -0.206. The average Bonchev–Trinajstić information content (AvgIpc) is 3.50. The van der Waals surface area contributed by atoms with Crippen LogP contribution in [0.2, 0.25) is 0 Å². The van der Waals surface area contributed by atoms with E-state index in [0.29, 0.717) is 25.2 Å². The van der Waals surface area contributed by atoms with Gasteiger partial charge >= 0.3 is 6.03 Å². The number of hydrogen-bond donors (Lipinski definition) is 4. The molecule has 0 radical (unpaired) electrons. The van der Waals surface area contributed by atoms with Crippen LogP contribution in [-0.2, 0) is 37.3 Å². The molecule has 2 amide bonds. The summed E-state index contributed by atoms with van der Waals surface area (Å²) >= 11 is 0. The van der Waals surface area contributed by atoms with Crippen molar-refractivity contribution in [1.29, 1.82) is 0 Å². The van der Waals surface area contributed by atoms with Gasteiger partial charge in [-0.3, -0.25) is 4.90 Å². The van der Waals surface area contributed by atoms with Gasteiger partial charge in [0.1, 0.15) is 0 Å². The lowest BCUT2D eigenvalue weighted by atomic mass is 9.96. The first kappa shape index (κ1) is 32.9. The fourth-order valence-electron chi connectivity index (χ4n) is 6.86. The summed E-state index contributed by atoms with van der Waals surface area (Å²) in [6.07, 6.45) is 4.54. The third kappa shape index (κ3) is 7.94. The van der Waals surface area contributed by atoms with Gasteiger partial charge in [-0.25, -0.2) is 14.5 Å². The Hall–Kier alpha value is -3.99. The van der Waals surface area contributed by atoms with E-state index >= 15 is 0 Å². The van der Waals surface area contributed by atoms with Crippen molar-refractivity contribution in [1.82, 2.24) is 35.6 Å². The van der Waals surface area contributed by atoms with Crippen LogP contribution in [0, 0.1) is 6.92 Å². The molecule has 250 valence electrons. The van der Waals surface area contributed by atoms with Gasteiger partial charge in [0.25, 0.3) is 0 Å². The van der Waals surface area contributed by atoms with E-state index in [2.05, 4.69) is 101 Å². The largest absolute Gasteiger partial charge is 0.381 e. The third-order valence-corrected chi connectivity index (χ3v) is 9.45. The second-order valence-electron chi connectivity index (χ2n) is 13.0. The molecule has 47 heavy (non-hydrogen) atoms. The SMILES string of the molecule is CCc1nc2c(cnn2CC)c(NC2CCOCC2)c1CNC(=O)NCc1ccc(C)c(-c2cccc(CN3CCN[C@@H](C)C3)c2)c1. The number of nitrogens with one attached hydrogen (secondary N) is 4. The van der Waals surface area contributed by atoms with Crippen molar-refractivity contribution in [3.05, 3.63) is 76.6 Å². The van der Waals surface area contributed by atoms with Crippen molar-refractivity contribution in [2.75, 3.05) is 38.2 Å². The lowest BCUT2D eigenvalue weighted by Gasteiger charge is -2.31. The normalized spacial score (nSPS) is 17.6. The lowest BCUT2D eigenvalue weighted by Crippen LogP contribution is -2.48. The van der Waals surface area contributed by atoms with Crippen LogP contribution in [0.1, 0.15) is 61.6 Å². The number of benzene rings is 2. The van der Waals surface area contributed by atoms with E-state index in [4.69, 9.17) is 9.72 Å². The number of urea groups is 1. The average molecular weight is 639 g/mol. The maximum absolute atomic E-state index is 13.2. The number of nitrogens with zero attached hydrogens (tertiary/aromatic N) is 4. The van der Waals surface area contributed by atoms with Crippen molar-refractivity contribution in [3.8, 4) is 11.1 Å². The molecule has 10 heteroatoms. The molecule has 2 aliphatic heterocycles. The summed E-state index contributed by atoms with van der Waals surface area (Å²) in [5.41, 5.74) is 9.91. The molecule has 10 nitrogen and oxygen atoms in total. The molecule has 0 saturated carbocycles. The summed E-state index contributed by atoms with van der Waals surface area (Å²) in [5, 5.41) is 19.1. The number of ether oxygens (including phenoxy) is 1. The van der Waals surface area contributed by atoms with Crippen LogP contribution < -0.4 is 21.3 Å². The highest BCUT2D eigenvalue weighted by Crippen LogP contribution is 2.31. The van der Waals surface area contributed by atoms with Crippen molar-refractivity contribution in [2.24, 2.45) is 0 Å². The number of piperazine rings is 1. The Labute approximate surface area is 278 Å². The Morgan fingerprint density at radius 1 is 1.06 bits per heavy atom. The fourth-order valence-corrected chi connectivity index (χ4v) is 6.86. The number of aryl methyl sites for hydroxylation is 3. The predicted molar refractivity (Wildman–Crippen MR) is 188 cm³/mol. The number of amides is 2. The van der Waals surface area contributed by atoms with Crippen molar-refractivity contribution < 1.29 is 9.53 Å². The molecule has 2 fully saturated rings. The first-order valence-corrected chi connectivity index (χ1v) is 17.3. The molecule has 2 aromatic carbocycles. The molecule has 0 spiro atoms. The lowest BCUT2D eigenvalue weighted by molar-refractivity contribution is 0.0904. The van der Waals surface area contributed by atoms with Gasteiger partial charge in [-0.05, 0) is 80.0 Å². The van der Waals surface area contributed by atoms with Gasteiger partial charge in [0.2, 0.25) is 0 Å². The smallest absolute Gasteiger partial charge is 0.315 e. The quantitative estimate of drug-likeness (QED) is 0.175. The molecule has 4 heterocycles. The molecule has 0 aliphatic carbocycles. The summed E-state index contributed by atoms with van der Waals surface area (Å²) in [4.78, 5) is 20.7. The van der Waals surface area contributed by atoms with Crippen molar-refractivity contribution >= 4 is 22.8 Å². The molecule has 0 unspecified atom stereocenters. The summed E-state index contributed by atoms with van der Waals surface area (Å²) < 4.78 is 7.54. The molecule has 2 saturated heterocycles. The minimum absolute atomic E-state index is 0.206. The number of carbonyl (C=O) groups is 1. The molecule has 4 aromatic rings. The van der Waals surface area contributed by atoms with Crippen LogP contribution in [-0.4, -0.2) is 70.6 Å². The summed E-state index contributed by atoms with van der Waals surface area (Å²) in [7, 11) is 0. The minimum Gasteiger partial charge on any atom is -0.381 e. The standard InChI is InChI=1S/C37H50N8O2/c1-5-34-32(35(42-30-12-16-47-17-13-30)33-22-41-45(6-2)36(33)43-34)21-40-37(46)39-20-27-11-10-25(3)31(19-27)29-9-7-8-28(18-29)24-44-15-14-38-26(4)23-44/h7-11,18-19,22,26,30,38H,5-6,12-17,20-21,23-24H2,1-4H3,(H,42,43)(H2,39,40,46)/t26-/m0/s1. The van der Waals surface area contributed by atoms with Gasteiger partial charge < -0.3 is 26.0 Å². The summed E-state index contributed by atoms with van der Waals surface area (Å²) in [6.45, 7) is 15.8. The third-order valence-electron chi connectivity index (χ3n) is 9.45. The predicted octanol–water partition coefficient (Wildman–Crippen LogP) is 5.37. The summed E-state index contributed by atoms with van der Waals surface area (Å²) in [5.74, 6) is 0. The molecule has 1 atom stereocenters. The maximum atomic E-state index is 13.2.